The molecule has 0 atom stereocenters. The summed E-state index contributed by atoms with van der Waals surface area (Å²) in [7, 11) is 0. The standard InChI is InChI=1S/C24H20N4O5S/c29-23(15-5-8-19(20(13-15)28(30)31)27-9-11-32-12-10-27)26-24(34)25-16-6-7-18-17-3-1-2-4-21(17)33-22(18)14-16/h1-8,13-14H,9-12H2,(H2,25,26,29,34). The van der Waals surface area contributed by atoms with E-state index in [1.807, 2.05) is 41.3 Å². The van der Waals surface area contributed by atoms with Crippen molar-refractivity contribution < 1.29 is 18.9 Å². The number of nitro groups is 1. The molecule has 4 aromatic rings. The van der Waals surface area contributed by atoms with E-state index in [4.69, 9.17) is 21.4 Å². The van der Waals surface area contributed by atoms with E-state index in [2.05, 4.69) is 10.6 Å². The number of amides is 1. The number of fused-ring (bicyclic) bond motifs is 3. The maximum absolute atomic E-state index is 12.7. The molecule has 34 heavy (non-hydrogen) atoms. The largest absolute Gasteiger partial charge is 0.456 e. The summed E-state index contributed by atoms with van der Waals surface area (Å²) in [6, 6.07) is 17.7. The van der Waals surface area contributed by atoms with Crippen LogP contribution in [0.15, 0.2) is 65.1 Å². The summed E-state index contributed by atoms with van der Waals surface area (Å²) >= 11 is 5.28. The molecule has 1 aliphatic rings. The summed E-state index contributed by atoms with van der Waals surface area (Å²) < 4.78 is 11.2. The molecule has 2 N–H and O–H groups in total. The van der Waals surface area contributed by atoms with Gasteiger partial charge in [0.25, 0.3) is 11.6 Å². The first kappa shape index (κ1) is 21.8. The van der Waals surface area contributed by atoms with Crippen molar-refractivity contribution in [3.63, 3.8) is 0 Å². The van der Waals surface area contributed by atoms with Crippen molar-refractivity contribution >= 4 is 62.2 Å². The van der Waals surface area contributed by atoms with E-state index in [9.17, 15) is 14.9 Å². The van der Waals surface area contributed by atoms with Crippen molar-refractivity contribution in [1.29, 1.82) is 0 Å². The number of thiocarbonyl (C=S) groups is 1. The first-order valence-electron chi connectivity index (χ1n) is 10.6. The molecule has 0 unspecified atom stereocenters. The molecule has 0 bridgehead atoms. The second-order valence-corrected chi connectivity index (χ2v) is 8.19. The summed E-state index contributed by atoms with van der Waals surface area (Å²) in [5.74, 6) is -0.543. The van der Waals surface area contributed by atoms with Crippen LogP contribution in [0.1, 0.15) is 10.4 Å². The Hall–Kier alpha value is -4.02. The van der Waals surface area contributed by atoms with Gasteiger partial charge in [-0.05, 0) is 42.5 Å². The number of nitrogens with zero attached hydrogens (tertiary/aromatic N) is 2. The van der Waals surface area contributed by atoms with Crippen molar-refractivity contribution in [3.8, 4) is 0 Å². The minimum atomic E-state index is -0.543. The molecule has 2 heterocycles. The third kappa shape index (κ3) is 4.28. The Labute approximate surface area is 199 Å². The van der Waals surface area contributed by atoms with Crippen LogP contribution in [0.25, 0.3) is 21.9 Å². The average molecular weight is 477 g/mol. The van der Waals surface area contributed by atoms with Crippen LogP contribution in [-0.2, 0) is 4.74 Å². The molecule has 1 saturated heterocycles. The first-order valence-corrected chi connectivity index (χ1v) is 11.1. The van der Waals surface area contributed by atoms with Gasteiger partial charge < -0.3 is 19.4 Å². The van der Waals surface area contributed by atoms with Crippen molar-refractivity contribution in [1.82, 2.24) is 5.32 Å². The lowest BCUT2D eigenvalue weighted by Gasteiger charge is -2.28. The second-order valence-electron chi connectivity index (χ2n) is 7.78. The summed E-state index contributed by atoms with van der Waals surface area (Å²) in [6.45, 7) is 2.10. The van der Waals surface area contributed by atoms with Crippen LogP contribution in [0, 0.1) is 10.1 Å². The lowest BCUT2D eigenvalue weighted by atomic mass is 10.1. The normalized spacial score (nSPS) is 13.7. The molecule has 1 fully saturated rings. The molecule has 3 aromatic carbocycles. The zero-order valence-corrected chi connectivity index (χ0v) is 18.8. The van der Waals surface area contributed by atoms with E-state index in [-0.39, 0.29) is 16.4 Å². The zero-order chi connectivity index (χ0) is 23.7. The highest BCUT2D eigenvalue weighted by Crippen LogP contribution is 2.31. The van der Waals surface area contributed by atoms with Crippen LogP contribution < -0.4 is 15.5 Å². The highest BCUT2D eigenvalue weighted by molar-refractivity contribution is 7.80. The van der Waals surface area contributed by atoms with Gasteiger partial charge in [0.15, 0.2) is 5.11 Å². The Bertz CT molecular complexity index is 1430. The molecule has 0 spiro atoms. The second kappa shape index (κ2) is 9.08. The van der Waals surface area contributed by atoms with Gasteiger partial charge in [-0.2, -0.15) is 0 Å². The topological polar surface area (TPSA) is 110 Å². The molecule has 0 radical (unpaired) electrons. The number of para-hydroxylation sites is 1. The highest BCUT2D eigenvalue weighted by atomic mass is 32.1. The molecule has 1 amide bonds. The number of anilines is 2. The van der Waals surface area contributed by atoms with Crippen molar-refractivity contribution in [3.05, 3.63) is 76.3 Å². The number of morpholine rings is 1. The number of carbonyl (C=O) groups excluding carboxylic acids is 1. The van der Waals surface area contributed by atoms with E-state index < -0.39 is 10.8 Å². The Kier molecular flexibility index (Phi) is 5.83. The molecule has 10 heteroatoms. The monoisotopic (exact) mass is 476 g/mol. The fraction of sp³-hybridized carbons (Fsp3) is 0.167. The predicted octanol–water partition coefficient (Wildman–Crippen LogP) is 4.46. The number of carbonyl (C=O) groups is 1. The molecule has 172 valence electrons. The summed E-state index contributed by atoms with van der Waals surface area (Å²) in [4.78, 5) is 25.8. The van der Waals surface area contributed by atoms with E-state index in [0.717, 1.165) is 16.4 Å². The summed E-state index contributed by atoms with van der Waals surface area (Å²) in [6.07, 6.45) is 0. The Morgan fingerprint density at radius 2 is 1.76 bits per heavy atom. The SMILES string of the molecule is O=C(NC(=S)Nc1ccc2c(c1)oc1ccccc12)c1ccc(N2CCOCC2)c([N+](=O)[O-])c1. The van der Waals surface area contributed by atoms with Gasteiger partial charge in [0.1, 0.15) is 16.9 Å². The maximum atomic E-state index is 12.7. The Morgan fingerprint density at radius 1 is 1.00 bits per heavy atom. The van der Waals surface area contributed by atoms with E-state index in [1.165, 1.54) is 6.07 Å². The van der Waals surface area contributed by atoms with Gasteiger partial charge in [-0.1, -0.05) is 18.2 Å². The minimum Gasteiger partial charge on any atom is -0.456 e. The van der Waals surface area contributed by atoms with E-state index in [1.54, 1.807) is 18.2 Å². The molecule has 1 aliphatic heterocycles. The molecule has 1 aromatic heterocycles. The Balaban J connectivity index is 1.31. The number of hydrogen-bond acceptors (Lipinski definition) is 7. The summed E-state index contributed by atoms with van der Waals surface area (Å²) in [5.41, 5.74) is 2.59. The molecule has 0 aliphatic carbocycles. The smallest absolute Gasteiger partial charge is 0.293 e. The van der Waals surface area contributed by atoms with Crippen molar-refractivity contribution in [2.24, 2.45) is 0 Å². The van der Waals surface area contributed by atoms with Gasteiger partial charge in [-0.15, -0.1) is 0 Å². The van der Waals surface area contributed by atoms with Crippen LogP contribution in [0.3, 0.4) is 0 Å². The van der Waals surface area contributed by atoms with Crippen molar-refractivity contribution in [2.45, 2.75) is 0 Å². The number of rotatable bonds is 4. The quantitative estimate of drug-likeness (QED) is 0.252. The number of furan rings is 1. The molecule has 5 rings (SSSR count). The minimum absolute atomic E-state index is 0.0698. The van der Waals surface area contributed by atoms with Gasteiger partial charge >= 0.3 is 0 Å². The van der Waals surface area contributed by atoms with Crippen LogP contribution in [-0.4, -0.2) is 42.2 Å². The van der Waals surface area contributed by atoms with Crippen molar-refractivity contribution in [2.75, 3.05) is 36.5 Å². The lowest BCUT2D eigenvalue weighted by Crippen LogP contribution is -2.37. The van der Waals surface area contributed by atoms with Gasteiger partial charge in [0.05, 0.1) is 18.1 Å². The number of hydrogen-bond donors (Lipinski definition) is 2. The van der Waals surface area contributed by atoms with Crippen LogP contribution in [0.2, 0.25) is 0 Å². The zero-order valence-electron chi connectivity index (χ0n) is 17.9. The number of nitro benzene ring substituents is 1. The van der Waals surface area contributed by atoms with E-state index in [0.29, 0.717) is 43.3 Å². The van der Waals surface area contributed by atoms with Crippen LogP contribution >= 0.6 is 12.2 Å². The van der Waals surface area contributed by atoms with Crippen LogP contribution in [0.5, 0.6) is 0 Å². The molecular weight excluding hydrogens is 456 g/mol. The molecular formula is C24H20N4O5S. The maximum Gasteiger partial charge on any atom is 0.293 e. The van der Waals surface area contributed by atoms with E-state index >= 15 is 0 Å². The number of ether oxygens (including phenoxy) is 1. The molecule has 9 nitrogen and oxygen atoms in total. The fourth-order valence-electron chi connectivity index (χ4n) is 4.02. The number of nitrogens with one attached hydrogen (secondary N) is 2. The third-order valence-electron chi connectivity index (χ3n) is 5.65. The highest BCUT2D eigenvalue weighted by Gasteiger charge is 2.23. The fourth-order valence-corrected chi connectivity index (χ4v) is 4.23. The van der Waals surface area contributed by atoms with Crippen LogP contribution in [0.4, 0.5) is 17.1 Å². The third-order valence-corrected chi connectivity index (χ3v) is 5.85. The van der Waals surface area contributed by atoms with Gasteiger partial charge in [0, 0.05) is 47.2 Å². The Morgan fingerprint density at radius 3 is 2.56 bits per heavy atom. The summed E-state index contributed by atoms with van der Waals surface area (Å²) in [5, 5.41) is 19.2. The predicted molar refractivity (Wildman–Crippen MR) is 134 cm³/mol. The van der Waals surface area contributed by atoms with Gasteiger partial charge in [0.2, 0.25) is 0 Å². The average Bonchev–Trinajstić information content (AvgIpc) is 3.21. The van der Waals surface area contributed by atoms with Gasteiger partial charge in [-0.3, -0.25) is 20.2 Å². The molecule has 0 saturated carbocycles. The first-order chi connectivity index (χ1) is 16.5. The lowest BCUT2D eigenvalue weighted by molar-refractivity contribution is -0.384. The number of benzene rings is 3. The van der Waals surface area contributed by atoms with Gasteiger partial charge in [-0.25, -0.2) is 0 Å².